The molecule has 0 saturated carbocycles. The molecule has 0 bridgehead atoms. The van der Waals surface area contributed by atoms with E-state index in [1.54, 1.807) is 12.3 Å². The van der Waals surface area contributed by atoms with Gasteiger partial charge in [0, 0.05) is 51.0 Å². The number of halogens is 3. The lowest BCUT2D eigenvalue weighted by Crippen LogP contribution is -2.46. The Hall–Kier alpha value is -2.22. The summed E-state index contributed by atoms with van der Waals surface area (Å²) in [6, 6.07) is 4.67. The van der Waals surface area contributed by atoms with Crippen molar-refractivity contribution in [2.75, 3.05) is 31.1 Å². The van der Waals surface area contributed by atoms with Crippen LogP contribution in [-0.4, -0.2) is 46.0 Å². The van der Waals surface area contributed by atoms with Crippen molar-refractivity contribution >= 4 is 5.82 Å². The summed E-state index contributed by atoms with van der Waals surface area (Å²) in [5, 5.41) is 0. The van der Waals surface area contributed by atoms with Gasteiger partial charge < -0.3 is 4.90 Å². The molecule has 26 heavy (non-hydrogen) atoms. The van der Waals surface area contributed by atoms with Crippen LogP contribution in [0, 0.1) is 0 Å². The van der Waals surface area contributed by atoms with Crippen molar-refractivity contribution in [3.8, 4) is 0 Å². The molecule has 140 valence electrons. The lowest BCUT2D eigenvalue weighted by molar-refractivity contribution is -0.141. The third-order valence-electron chi connectivity index (χ3n) is 4.39. The second kappa shape index (κ2) is 7.57. The lowest BCUT2D eigenvalue weighted by atomic mass is 10.2. The summed E-state index contributed by atoms with van der Waals surface area (Å²) < 4.78 is 38.3. The van der Waals surface area contributed by atoms with Crippen LogP contribution in [0.25, 0.3) is 0 Å². The SMILES string of the molecule is CC(C)c1nccc(N2CCN(Cc3ccnc(C(F)(F)F)c3)CC2)n1. The number of hydrogen-bond acceptors (Lipinski definition) is 5. The molecule has 0 N–H and O–H groups in total. The van der Waals surface area contributed by atoms with Gasteiger partial charge in [0.15, 0.2) is 0 Å². The topological polar surface area (TPSA) is 45.2 Å². The minimum Gasteiger partial charge on any atom is -0.354 e. The third-order valence-corrected chi connectivity index (χ3v) is 4.39. The summed E-state index contributed by atoms with van der Waals surface area (Å²) in [5.74, 6) is 2.00. The van der Waals surface area contributed by atoms with E-state index in [0.717, 1.165) is 43.9 Å². The minimum atomic E-state index is -4.41. The molecule has 2 aromatic heterocycles. The van der Waals surface area contributed by atoms with Gasteiger partial charge in [0.25, 0.3) is 0 Å². The second-order valence-electron chi connectivity index (χ2n) is 6.74. The van der Waals surface area contributed by atoms with Gasteiger partial charge in [-0.15, -0.1) is 0 Å². The van der Waals surface area contributed by atoms with Crippen LogP contribution in [0.3, 0.4) is 0 Å². The first-order valence-corrected chi connectivity index (χ1v) is 8.65. The molecule has 0 amide bonds. The molecule has 8 heteroatoms. The molecule has 2 aromatic rings. The van der Waals surface area contributed by atoms with E-state index < -0.39 is 11.9 Å². The lowest BCUT2D eigenvalue weighted by Gasteiger charge is -2.35. The molecular formula is C18H22F3N5. The van der Waals surface area contributed by atoms with E-state index in [1.165, 1.54) is 6.20 Å². The number of nitrogens with zero attached hydrogens (tertiary/aromatic N) is 5. The molecule has 1 aliphatic rings. The van der Waals surface area contributed by atoms with Crippen LogP contribution in [0.15, 0.2) is 30.6 Å². The molecule has 0 aromatic carbocycles. The zero-order valence-electron chi connectivity index (χ0n) is 14.9. The first kappa shape index (κ1) is 18.6. The smallest absolute Gasteiger partial charge is 0.354 e. The average molecular weight is 365 g/mol. The molecule has 0 atom stereocenters. The maximum atomic E-state index is 12.8. The van der Waals surface area contributed by atoms with Gasteiger partial charge in [-0.25, -0.2) is 9.97 Å². The Bertz CT molecular complexity index is 740. The summed E-state index contributed by atoms with van der Waals surface area (Å²) in [6.45, 7) is 7.70. The number of anilines is 1. The van der Waals surface area contributed by atoms with E-state index in [0.29, 0.717) is 12.1 Å². The van der Waals surface area contributed by atoms with Crippen molar-refractivity contribution < 1.29 is 13.2 Å². The van der Waals surface area contributed by atoms with Gasteiger partial charge in [0.1, 0.15) is 17.3 Å². The Labute approximate surface area is 150 Å². The second-order valence-corrected chi connectivity index (χ2v) is 6.74. The molecule has 3 rings (SSSR count). The molecule has 0 aliphatic carbocycles. The van der Waals surface area contributed by atoms with Crippen molar-refractivity contribution in [3.63, 3.8) is 0 Å². The molecule has 1 fully saturated rings. The van der Waals surface area contributed by atoms with Crippen molar-refractivity contribution in [2.24, 2.45) is 0 Å². The van der Waals surface area contributed by atoms with Crippen LogP contribution >= 0.6 is 0 Å². The van der Waals surface area contributed by atoms with Crippen molar-refractivity contribution in [1.29, 1.82) is 0 Å². The Morgan fingerprint density at radius 2 is 1.73 bits per heavy atom. The number of piperazine rings is 1. The highest BCUT2D eigenvalue weighted by Crippen LogP contribution is 2.28. The number of hydrogen-bond donors (Lipinski definition) is 0. The normalized spacial score (nSPS) is 16.3. The van der Waals surface area contributed by atoms with Crippen LogP contribution in [-0.2, 0) is 12.7 Å². The fraction of sp³-hybridized carbons (Fsp3) is 0.500. The van der Waals surface area contributed by atoms with Crippen molar-refractivity contribution in [1.82, 2.24) is 19.9 Å². The quantitative estimate of drug-likeness (QED) is 0.832. The predicted octanol–water partition coefficient (Wildman–Crippen LogP) is 3.34. The molecule has 0 spiro atoms. The Kier molecular flexibility index (Phi) is 5.41. The molecule has 1 aliphatic heterocycles. The highest BCUT2D eigenvalue weighted by Gasteiger charge is 2.32. The van der Waals surface area contributed by atoms with Crippen LogP contribution < -0.4 is 4.90 Å². The fourth-order valence-corrected chi connectivity index (χ4v) is 2.94. The minimum absolute atomic E-state index is 0.269. The average Bonchev–Trinajstić information content (AvgIpc) is 2.62. The molecular weight excluding hydrogens is 343 g/mol. The number of aromatic nitrogens is 3. The van der Waals surface area contributed by atoms with Gasteiger partial charge >= 0.3 is 6.18 Å². The fourth-order valence-electron chi connectivity index (χ4n) is 2.94. The maximum absolute atomic E-state index is 12.8. The van der Waals surface area contributed by atoms with E-state index in [-0.39, 0.29) is 5.92 Å². The van der Waals surface area contributed by atoms with Crippen LogP contribution in [0.2, 0.25) is 0 Å². The van der Waals surface area contributed by atoms with E-state index in [9.17, 15) is 13.2 Å². The number of rotatable bonds is 4. The van der Waals surface area contributed by atoms with Crippen LogP contribution in [0.4, 0.5) is 19.0 Å². The largest absolute Gasteiger partial charge is 0.433 e. The van der Waals surface area contributed by atoms with Gasteiger partial charge in [0.2, 0.25) is 0 Å². The van der Waals surface area contributed by atoms with Crippen LogP contribution in [0.1, 0.15) is 36.8 Å². The number of alkyl halides is 3. The predicted molar refractivity (Wildman–Crippen MR) is 92.9 cm³/mol. The zero-order chi connectivity index (χ0) is 18.7. The standard InChI is InChI=1S/C18H22F3N5/c1-13(2)17-23-6-4-16(24-17)26-9-7-25(8-10-26)12-14-3-5-22-15(11-14)18(19,20)21/h3-6,11,13H,7-10,12H2,1-2H3. The summed E-state index contributed by atoms with van der Waals surface area (Å²) in [5.41, 5.74) is -0.208. The monoisotopic (exact) mass is 365 g/mol. The van der Waals surface area contributed by atoms with Gasteiger partial charge in [-0.05, 0) is 23.8 Å². The van der Waals surface area contributed by atoms with E-state index >= 15 is 0 Å². The first-order valence-electron chi connectivity index (χ1n) is 8.65. The highest BCUT2D eigenvalue weighted by molar-refractivity contribution is 5.38. The summed E-state index contributed by atoms with van der Waals surface area (Å²) in [7, 11) is 0. The van der Waals surface area contributed by atoms with E-state index in [1.807, 2.05) is 6.07 Å². The maximum Gasteiger partial charge on any atom is 0.433 e. The summed E-state index contributed by atoms with van der Waals surface area (Å²) >= 11 is 0. The summed E-state index contributed by atoms with van der Waals surface area (Å²) in [4.78, 5) is 16.6. The van der Waals surface area contributed by atoms with Gasteiger partial charge in [0.05, 0.1) is 0 Å². The third kappa shape index (κ3) is 4.49. The van der Waals surface area contributed by atoms with Crippen molar-refractivity contribution in [3.05, 3.63) is 47.7 Å². The van der Waals surface area contributed by atoms with Crippen molar-refractivity contribution in [2.45, 2.75) is 32.5 Å². The highest BCUT2D eigenvalue weighted by atomic mass is 19.4. The molecule has 5 nitrogen and oxygen atoms in total. The Balaban J connectivity index is 1.60. The van der Waals surface area contributed by atoms with E-state index in [2.05, 4.69) is 38.6 Å². The first-order chi connectivity index (χ1) is 12.3. The molecule has 0 unspecified atom stereocenters. The zero-order valence-corrected chi connectivity index (χ0v) is 14.9. The van der Waals surface area contributed by atoms with Crippen LogP contribution in [0.5, 0.6) is 0 Å². The number of pyridine rings is 1. The molecule has 3 heterocycles. The summed E-state index contributed by atoms with van der Waals surface area (Å²) in [6.07, 6.45) is -1.40. The Morgan fingerprint density at radius 1 is 1.04 bits per heavy atom. The molecule has 1 saturated heterocycles. The van der Waals surface area contributed by atoms with Gasteiger partial charge in [-0.3, -0.25) is 9.88 Å². The van der Waals surface area contributed by atoms with Gasteiger partial charge in [-0.1, -0.05) is 13.8 Å². The van der Waals surface area contributed by atoms with E-state index in [4.69, 9.17) is 0 Å². The van der Waals surface area contributed by atoms with Gasteiger partial charge in [-0.2, -0.15) is 13.2 Å². The molecule has 0 radical (unpaired) electrons. The Morgan fingerprint density at radius 3 is 2.38 bits per heavy atom.